The minimum atomic E-state index is -4.14. The number of hydrogen-bond acceptors (Lipinski definition) is 5. The Morgan fingerprint density at radius 1 is 0.976 bits per heavy atom. The minimum absolute atomic E-state index is 0.000916. The molecule has 0 bridgehead atoms. The van der Waals surface area contributed by atoms with Gasteiger partial charge in [-0.05, 0) is 73.9 Å². The number of methoxy groups -OCH3 is 1. The molecule has 1 saturated carbocycles. The number of carbonyl (C=O) groups is 2. The van der Waals surface area contributed by atoms with Crippen molar-refractivity contribution in [1.29, 1.82) is 0 Å². The number of hydrogen-bond donors (Lipinski definition) is 1. The lowest BCUT2D eigenvalue weighted by Gasteiger charge is -2.33. The predicted molar refractivity (Wildman–Crippen MR) is 160 cm³/mol. The molecule has 3 aromatic carbocycles. The monoisotopic (exact) mass is 597 g/mol. The first-order chi connectivity index (χ1) is 19.7. The molecule has 0 spiro atoms. The summed E-state index contributed by atoms with van der Waals surface area (Å²) in [7, 11) is -2.59. The van der Waals surface area contributed by atoms with Gasteiger partial charge in [-0.25, -0.2) is 8.42 Å². The van der Waals surface area contributed by atoms with E-state index in [9.17, 15) is 18.0 Å². The molecule has 4 rings (SSSR count). The van der Waals surface area contributed by atoms with Crippen molar-refractivity contribution >= 4 is 39.1 Å². The minimum Gasteiger partial charge on any atom is -0.497 e. The molecule has 0 radical (unpaired) electrons. The average molecular weight is 598 g/mol. The van der Waals surface area contributed by atoms with Crippen molar-refractivity contribution in [1.82, 2.24) is 10.2 Å². The normalized spacial score (nSPS) is 14.6. The third-order valence-electron chi connectivity index (χ3n) is 7.33. The summed E-state index contributed by atoms with van der Waals surface area (Å²) in [6.07, 6.45) is 5.08. The molecule has 1 aliphatic carbocycles. The first-order valence-corrected chi connectivity index (χ1v) is 15.6. The largest absolute Gasteiger partial charge is 0.497 e. The van der Waals surface area contributed by atoms with Crippen molar-refractivity contribution in [3.63, 3.8) is 0 Å². The Bertz CT molecular complexity index is 1430. The summed E-state index contributed by atoms with van der Waals surface area (Å²) in [5.41, 5.74) is 1.08. The van der Waals surface area contributed by atoms with E-state index < -0.39 is 28.5 Å². The van der Waals surface area contributed by atoms with Gasteiger partial charge in [-0.3, -0.25) is 13.9 Å². The summed E-state index contributed by atoms with van der Waals surface area (Å²) in [6.45, 7) is 1.27. The summed E-state index contributed by atoms with van der Waals surface area (Å²) in [5.74, 6) is -0.161. The first-order valence-electron chi connectivity index (χ1n) is 13.7. The van der Waals surface area contributed by atoms with Crippen LogP contribution in [-0.4, -0.2) is 50.9 Å². The molecular formula is C31H36ClN3O5S. The number of amides is 2. The maximum absolute atomic E-state index is 14.0. The number of nitrogens with one attached hydrogen (secondary N) is 1. The molecule has 41 heavy (non-hydrogen) atoms. The second-order valence-corrected chi connectivity index (χ2v) is 12.5. The van der Waals surface area contributed by atoms with Crippen LogP contribution < -0.4 is 14.4 Å². The number of sulfonamides is 1. The van der Waals surface area contributed by atoms with Crippen LogP contribution in [0, 0.1) is 0 Å². The molecule has 0 saturated heterocycles. The quantitative estimate of drug-likeness (QED) is 0.319. The van der Waals surface area contributed by atoms with Crippen LogP contribution in [0.3, 0.4) is 0 Å². The number of carbonyl (C=O) groups excluding carboxylic acids is 2. The van der Waals surface area contributed by atoms with Gasteiger partial charge in [-0.2, -0.15) is 0 Å². The lowest BCUT2D eigenvalue weighted by Crippen LogP contribution is -2.53. The van der Waals surface area contributed by atoms with E-state index in [2.05, 4.69) is 5.32 Å². The molecule has 0 unspecified atom stereocenters. The van der Waals surface area contributed by atoms with Crippen molar-refractivity contribution in [3.8, 4) is 5.75 Å². The highest BCUT2D eigenvalue weighted by Crippen LogP contribution is 2.26. The molecule has 3 aromatic rings. The SMILES string of the molecule is COc1cccc(CN(C(=O)CN(c2ccccc2)S(=O)(=O)c2ccc(Cl)cc2)[C@@H](C)C(=O)NC2CCCCC2)c1. The Hall–Kier alpha value is -3.56. The number of halogens is 1. The van der Waals surface area contributed by atoms with Gasteiger partial charge in [-0.15, -0.1) is 0 Å². The van der Waals surface area contributed by atoms with Crippen molar-refractivity contribution in [2.45, 2.75) is 62.6 Å². The van der Waals surface area contributed by atoms with Gasteiger partial charge in [-0.1, -0.05) is 61.2 Å². The zero-order valence-electron chi connectivity index (χ0n) is 23.3. The number of benzene rings is 3. The Labute approximate surface area is 247 Å². The fourth-order valence-corrected chi connectivity index (χ4v) is 6.52. The van der Waals surface area contributed by atoms with Crippen LogP contribution in [0.25, 0.3) is 0 Å². The summed E-state index contributed by atoms with van der Waals surface area (Å²) in [4.78, 5) is 28.9. The molecule has 218 valence electrons. The molecule has 0 aromatic heterocycles. The highest BCUT2D eigenvalue weighted by Gasteiger charge is 2.33. The van der Waals surface area contributed by atoms with E-state index in [1.54, 1.807) is 56.5 Å². The van der Waals surface area contributed by atoms with Gasteiger partial charge in [0.05, 0.1) is 17.7 Å². The number of ether oxygens (including phenoxy) is 1. The molecule has 8 nitrogen and oxygen atoms in total. The smallest absolute Gasteiger partial charge is 0.264 e. The van der Waals surface area contributed by atoms with Gasteiger partial charge < -0.3 is 15.0 Å². The van der Waals surface area contributed by atoms with E-state index >= 15 is 0 Å². The Kier molecular flexibility index (Phi) is 10.3. The van der Waals surface area contributed by atoms with E-state index in [1.165, 1.54) is 29.2 Å². The van der Waals surface area contributed by atoms with Gasteiger partial charge in [0.15, 0.2) is 0 Å². The van der Waals surface area contributed by atoms with Crippen molar-refractivity contribution in [2.24, 2.45) is 0 Å². The van der Waals surface area contributed by atoms with Crippen LogP contribution in [0.4, 0.5) is 5.69 Å². The number of anilines is 1. The highest BCUT2D eigenvalue weighted by molar-refractivity contribution is 7.92. The van der Waals surface area contributed by atoms with Crippen LogP contribution in [-0.2, 0) is 26.2 Å². The van der Waals surface area contributed by atoms with Crippen LogP contribution in [0.2, 0.25) is 5.02 Å². The molecular weight excluding hydrogens is 562 g/mol. The summed E-state index contributed by atoms with van der Waals surface area (Å²) in [6, 6.07) is 20.7. The van der Waals surface area contributed by atoms with Crippen molar-refractivity contribution in [2.75, 3.05) is 18.0 Å². The molecule has 1 fully saturated rings. The standard InChI is InChI=1S/C31H36ClN3O5S/c1-23(31(37)33-26-11-5-3-6-12-26)34(21-24-10-9-15-28(20-24)40-2)30(36)22-35(27-13-7-4-8-14-27)41(38,39)29-18-16-25(32)17-19-29/h4,7-10,13-20,23,26H,3,5-6,11-12,21-22H2,1-2H3,(H,33,37)/t23-/m0/s1. The van der Waals surface area contributed by atoms with Gasteiger partial charge in [0, 0.05) is 17.6 Å². The van der Waals surface area contributed by atoms with Gasteiger partial charge in [0.25, 0.3) is 10.0 Å². The number of rotatable bonds is 11. The van der Waals surface area contributed by atoms with Gasteiger partial charge in [0.2, 0.25) is 11.8 Å². The van der Waals surface area contributed by atoms with Crippen LogP contribution in [0.1, 0.15) is 44.6 Å². The van der Waals surface area contributed by atoms with Crippen molar-refractivity contribution in [3.05, 3.63) is 89.4 Å². The number of para-hydroxylation sites is 1. The highest BCUT2D eigenvalue weighted by atomic mass is 35.5. The lowest BCUT2D eigenvalue weighted by molar-refractivity contribution is -0.139. The van der Waals surface area contributed by atoms with E-state index in [1.807, 2.05) is 12.1 Å². The molecule has 10 heteroatoms. The maximum atomic E-state index is 14.0. The molecule has 0 heterocycles. The number of nitrogens with zero attached hydrogens (tertiary/aromatic N) is 2. The second kappa shape index (κ2) is 13.9. The van der Waals surface area contributed by atoms with E-state index in [4.69, 9.17) is 16.3 Å². The van der Waals surface area contributed by atoms with Crippen LogP contribution in [0.15, 0.2) is 83.8 Å². The summed E-state index contributed by atoms with van der Waals surface area (Å²) < 4.78 is 34.1. The second-order valence-electron chi connectivity index (χ2n) is 10.2. The Morgan fingerprint density at radius 2 is 1.66 bits per heavy atom. The third kappa shape index (κ3) is 7.80. The zero-order valence-corrected chi connectivity index (χ0v) is 24.9. The third-order valence-corrected chi connectivity index (χ3v) is 9.37. The predicted octanol–water partition coefficient (Wildman–Crippen LogP) is 5.41. The Morgan fingerprint density at radius 3 is 2.32 bits per heavy atom. The van der Waals surface area contributed by atoms with Gasteiger partial charge >= 0.3 is 0 Å². The molecule has 2 amide bonds. The fourth-order valence-electron chi connectivity index (χ4n) is 4.98. The van der Waals surface area contributed by atoms with E-state index in [0.29, 0.717) is 16.5 Å². The fraction of sp³-hybridized carbons (Fsp3) is 0.355. The Balaban J connectivity index is 1.66. The van der Waals surface area contributed by atoms with Crippen LogP contribution in [0.5, 0.6) is 5.75 Å². The van der Waals surface area contributed by atoms with Crippen molar-refractivity contribution < 1.29 is 22.7 Å². The maximum Gasteiger partial charge on any atom is 0.264 e. The van der Waals surface area contributed by atoms with Gasteiger partial charge in [0.1, 0.15) is 18.3 Å². The van der Waals surface area contributed by atoms with E-state index in [-0.39, 0.29) is 23.4 Å². The molecule has 1 atom stereocenters. The van der Waals surface area contributed by atoms with E-state index in [0.717, 1.165) is 42.0 Å². The molecule has 0 aliphatic heterocycles. The topological polar surface area (TPSA) is 96.0 Å². The molecule has 1 N–H and O–H groups in total. The first kappa shape index (κ1) is 30.4. The average Bonchev–Trinajstić information content (AvgIpc) is 2.99. The zero-order chi connectivity index (χ0) is 29.4. The lowest BCUT2D eigenvalue weighted by atomic mass is 9.95. The molecule has 1 aliphatic rings. The summed E-state index contributed by atoms with van der Waals surface area (Å²) in [5, 5.41) is 3.50. The van der Waals surface area contributed by atoms with Crippen LogP contribution >= 0.6 is 11.6 Å². The summed E-state index contributed by atoms with van der Waals surface area (Å²) >= 11 is 6.00.